The Bertz CT molecular complexity index is 440. The molecule has 1 aromatic heterocycles. The molecule has 0 aliphatic rings. The van der Waals surface area contributed by atoms with E-state index in [4.69, 9.17) is 11.6 Å². The molecule has 0 spiro atoms. The van der Waals surface area contributed by atoms with Crippen LogP contribution in [-0.4, -0.2) is 4.98 Å². The maximum Gasteiger partial charge on any atom is 0.164 e. The van der Waals surface area contributed by atoms with E-state index in [1.165, 1.54) is 6.07 Å². The molecule has 0 radical (unpaired) electrons. The smallest absolute Gasteiger partial charge is 0.164 e. The van der Waals surface area contributed by atoms with Crippen LogP contribution in [0.25, 0.3) is 0 Å². The third-order valence-corrected chi connectivity index (χ3v) is 2.38. The van der Waals surface area contributed by atoms with Gasteiger partial charge in [0.25, 0.3) is 0 Å². The highest BCUT2D eigenvalue weighted by atomic mass is 35.5. The molecule has 0 bridgehead atoms. The molecule has 2 aromatic rings. The van der Waals surface area contributed by atoms with E-state index in [0.29, 0.717) is 12.2 Å². The Morgan fingerprint density at radius 1 is 1.27 bits per heavy atom. The topological polar surface area (TPSA) is 27.8 Å². The zero-order valence-electron chi connectivity index (χ0n) is 7.93. The van der Waals surface area contributed by atoms with Gasteiger partial charge in [0, 0.05) is 11.9 Å². The van der Waals surface area contributed by atoms with E-state index in [-0.39, 0.29) is 5.02 Å². The minimum Gasteiger partial charge on any atom is -0.377 e. The first-order valence-electron chi connectivity index (χ1n) is 4.57. The van der Waals surface area contributed by atoms with Gasteiger partial charge in [-0.15, -0.1) is 0 Å². The Kier molecular flexibility index (Phi) is 2.92. The number of aromatic amines is 1. The van der Waals surface area contributed by atoms with Crippen LogP contribution in [-0.2, 0) is 6.54 Å². The zero-order valence-corrected chi connectivity index (χ0v) is 8.68. The first-order valence-corrected chi connectivity index (χ1v) is 4.95. The predicted molar refractivity (Wildman–Crippen MR) is 59.5 cm³/mol. The molecule has 0 atom stereocenters. The van der Waals surface area contributed by atoms with Crippen molar-refractivity contribution < 1.29 is 4.39 Å². The van der Waals surface area contributed by atoms with Crippen LogP contribution in [0, 0.1) is 5.82 Å². The van der Waals surface area contributed by atoms with E-state index >= 15 is 0 Å². The minimum atomic E-state index is -0.411. The van der Waals surface area contributed by atoms with E-state index in [2.05, 4.69) is 10.3 Å². The number of nitrogens with one attached hydrogen (secondary N) is 2. The van der Waals surface area contributed by atoms with Crippen molar-refractivity contribution in [2.24, 2.45) is 0 Å². The third kappa shape index (κ3) is 2.30. The summed E-state index contributed by atoms with van der Waals surface area (Å²) < 4.78 is 13.4. The summed E-state index contributed by atoms with van der Waals surface area (Å²) in [7, 11) is 0. The molecule has 78 valence electrons. The zero-order chi connectivity index (χ0) is 10.7. The van der Waals surface area contributed by atoms with Crippen molar-refractivity contribution >= 4 is 17.3 Å². The van der Waals surface area contributed by atoms with Crippen molar-refractivity contribution in [3.05, 3.63) is 53.1 Å². The maximum atomic E-state index is 13.4. The Morgan fingerprint density at radius 2 is 2.13 bits per heavy atom. The number of aromatic nitrogens is 1. The van der Waals surface area contributed by atoms with Gasteiger partial charge in [-0.3, -0.25) is 0 Å². The van der Waals surface area contributed by atoms with Crippen molar-refractivity contribution in [1.82, 2.24) is 4.98 Å². The monoisotopic (exact) mass is 224 g/mol. The largest absolute Gasteiger partial charge is 0.377 e. The number of anilines is 1. The van der Waals surface area contributed by atoms with Crippen LogP contribution in [0.3, 0.4) is 0 Å². The van der Waals surface area contributed by atoms with Crippen LogP contribution in [0.4, 0.5) is 10.1 Å². The number of H-pyrrole nitrogens is 1. The quantitative estimate of drug-likeness (QED) is 0.822. The lowest BCUT2D eigenvalue weighted by Gasteiger charge is -2.06. The Hall–Kier alpha value is -1.48. The molecule has 0 unspecified atom stereocenters. The molecule has 2 N–H and O–H groups in total. The van der Waals surface area contributed by atoms with Crippen molar-refractivity contribution in [1.29, 1.82) is 0 Å². The molecular formula is C11H10ClFN2. The lowest BCUT2D eigenvalue weighted by atomic mass is 10.3. The first-order chi connectivity index (χ1) is 7.27. The number of benzene rings is 1. The molecule has 2 nitrogen and oxygen atoms in total. The summed E-state index contributed by atoms with van der Waals surface area (Å²) in [5.41, 5.74) is 1.41. The second kappa shape index (κ2) is 4.36. The highest BCUT2D eigenvalue weighted by Gasteiger charge is 2.05. The highest BCUT2D eigenvalue weighted by molar-refractivity contribution is 6.31. The molecule has 2 rings (SSSR count). The average Bonchev–Trinajstić information content (AvgIpc) is 2.73. The van der Waals surface area contributed by atoms with Crippen LogP contribution >= 0.6 is 11.6 Å². The third-order valence-electron chi connectivity index (χ3n) is 2.08. The van der Waals surface area contributed by atoms with Gasteiger partial charge in [0.05, 0.1) is 17.3 Å². The summed E-state index contributed by atoms with van der Waals surface area (Å²) in [6.07, 6.45) is 1.82. The van der Waals surface area contributed by atoms with E-state index in [9.17, 15) is 4.39 Å². The van der Waals surface area contributed by atoms with Gasteiger partial charge in [0.1, 0.15) is 0 Å². The van der Waals surface area contributed by atoms with Gasteiger partial charge in [0.2, 0.25) is 0 Å². The standard InChI is InChI=1S/C11H10ClFN2/c12-9-4-1-5-10(11(9)13)15-7-8-3-2-6-14-8/h1-6,14-15H,7H2. The molecular weight excluding hydrogens is 215 g/mol. The summed E-state index contributed by atoms with van der Waals surface area (Å²) in [6.45, 7) is 0.546. The summed E-state index contributed by atoms with van der Waals surface area (Å²) in [5, 5.41) is 3.10. The van der Waals surface area contributed by atoms with Gasteiger partial charge in [-0.1, -0.05) is 17.7 Å². The minimum absolute atomic E-state index is 0.131. The molecule has 1 heterocycles. The highest BCUT2D eigenvalue weighted by Crippen LogP contribution is 2.22. The molecule has 15 heavy (non-hydrogen) atoms. The molecule has 0 saturated heterocycles. The van der Waals surface area contributed by atoms with Crippen LogP contribution < -0.4 is 5.32 Å². The molecule has 4 heteroatoms. The summed E-state index contributed by atoms with van der Waals surface area (Å²) >= 11 is 5.65. The van der Waals surface area contributed by atoms with Crippen LogP contribution in [0.5, 0.6) is 0 Å². The van der Waals surface area contributed by atoms with Crippen molar-refractivity contribution in [2.45, 2.75) is 6.54 Å². The second-order valence-corrected chi connectivity index (χ2v) is 3.56. The Balaban J connectivity index is 2.08. The van der Waals surface area contributed by atoms with Crippen molar-refractivity contribution in [2.75, 3.05) is 5.32 Å². The van der Waals surface area contributed by atoms with Gasteiger partial charge in [-0.25, -0.2) is 4.39 Å². The van der Waals surface area contributed by atoms with Crippen molar-refractivity contribution in [3.8, 4) is 0 Å². The molecule has 0 fully saturated rings. The lowest BCUT2D eigenvalue weighted by Crippen LogP contribution is -2.01. The van der Waals surface area contributed by atoms with Gasteiger partial charge in [-0.05, 0) is 24.3 Å². The Labute approximate surface area is 92.1 Å². The lowest BCUT2D eigenvalue weighted by molar-refractivity contribution is 0.630. The van der Waals surface area contributed by atoms with Gasteiger partial charge in [-0.2, -0.15) is 0 Å². The van der Waals surface area contributed by atoms with Crippen LogP contribution in [0.1, 0.15) is 5.69 Å². The fraction of sp³-hybridized carbons (Fsp3) is 0.0909. The Morgan fingerprint density at radius 3 is 2.87 bits per heavy atom. The maximum absolute atomic E-state index is 13.4. The number of hydrogen-bond acceptors (Lipinski definition) is 1. The molecule has 0 aliphatic carbocycles. The second-order valence-electron chi connectivity index (χ2n) is 3.15. The number of hydrogen-bond donors (Lipinski definition) is 2. The predicted octanol–water partition coefficient (Wildman–Crippen LogP) is 3.42. The van der Waals surface area contributed by atoms with Gasteiger partial charge < -0.3 is 10.3 Å². The van der Waals surface area contributed by atoms with E-state index in [1.54, 1.807) is 12.1 Å². The van der Waals surface area contributed by atoms with Crippen LogP contribution in [0.15, 0.2) is 36.5 Å². The fourth-order valence-corrected chi connectivity index (χ4v) is 1.48. The number of rotatable bonds is 3. The number of halogens is 2. The molecule has 0 aliphatic heterocycles. The van der Waals surface area contributed by atoms with E-state index < -0.39 is 5.82 Å². The van der Waals surface area contributed by atoms with Crippen LogP contribution in [0.2, 0.25) is 5.02 Å². The molecule has 1 aromatic carbocycles. The van der Waals surface area contributed by atoms with E-state index in [1.807, 2.05) is 18.3 Å². The van der Waals surface area contributed by atoms with Gasteiger partial charge >= 0.3 is 0 Å². The van der Waals surface area contributed by atoms with E-state index in [0.717, 1.165) is 5.69 Å². The first kappa shape index (κ1) is 10.1. The van der Waals surface area contributed by atoms with Gasteiger partial charge in [0.15, 0.2) is 5.82 Å². The summed E-state index contributed by atoms with van der Waals surface area (Å²) in [4.78, 5) is 3.02. The SMILES string of the molecule is Fc1c(Cl)cccc1NCc1ccc[nH]1. The molecule has 0 saturated carbocycles. The molecule has 0 amide bonds. The fourth-order valence-electron chi connectivity index (χ4n) is 1.31. The summed E-state index contributed by atoms with van der Waals surface area (Å²) in [6, 6.07) is 8.71. The normalized spacial score (nSPS) is 10.3. The van der Waals surface area contributed by atoms with Crippen molar-refractivity contribution in [3.63, 3.8) is 0 Å². The summed E-state index contributed by atoms with van der Waals surface area (Å²) in [5.74, 6) is -0.411. The average molecular weight is 225 g/mol.